The lowest BCUT2D eigenvalue weighted by atomic mass is 9.94. The number of aromatic nitrogens is 3. The monoisotopic (exact) mass is 515 g/mol. The molecule has 0 saturated carbocycles. The Balaban J connectivity index is 1.51. The Morgan fingerprint density at radius 1 is 1.16 bits per heavy atom. The highest BCUT2D eigenvalue weighted by molar-refractivity contribution is 6.07. The molecule has 0 radical (unpaired) electrons. The van der Waals surface area contributed by atoms with E-state index in [0.717, 1.165) is 11.1 Å². The summed E-state index contributed by atoms with van der Waals surface area (Å²) < 4.78 is 11.2. The summed E-state index contributed by atoms with van der Waals surface area (Å²) in [7, 11) is 1.58. The first-order valence-corrected chi connectivity index (χ1v) is 11.7. The predicted molar refractivity (Wildman–Crippen MR) is 137 cm³/mol. The van der Waals surface area contributed by atoms with Crippen molar-refractivity contribution in [1.82, 2.24) is 30.5 Å². The largest absolute Gasteiger partial charge is 0.497 e. The number of amides is 4. The molecule has 1 aliphatic heterocycles. The van der Waals surface area contributed by atoms with Crippen molar-refractivity contribution in [2.45, 2.75) is 25.9 Å². The van der Waals surface area contributed by atoms with Crippen LogP contribution in [0, 0.1) is 13.8 Å². The zero-order valence-corrected chi connectivity index (χ0v) is 20.9. The first kappa shape index (κ1) is 24.7. The average Bonchev–Trinajstić information content (AvgIpc) is 3.44. The molecule has 1 saturated heterocycles. The number of fused-ring (bicyclic) bond motifs is 1. The third-order valence-electron chi connectivity index (χ3n) is 6.41. The highest BCUT2D eigenvalue weighted by atomic mass is 16.5. The van der Waals surface area contributed by atoms with E-state index in [1.165, 1.54) is 4.90 Å². The molecule has 4 aromatic rings. The van der Waals surface area contributed by atoms with Crippen LogP contribution in [0.2, 0.25) is 0 Å². The van der Waals surface area contributed by atoms with Gasteiger partial charge in [0.15, 0.2) is 5.54 Å². The number of nitrogens with zero attached hydrogens (tertiary/aromatic N) is 4. The smallest absolute Gasteiger partial charge is 0.322 e. The maximum atomic E-state index is 13.1. The van der Waals surface area contributed by atoms with Crippen molar-refractivity contribution in [1.29, 1.82) is 0 Å². The molecule has 1 aromatic carbocycles. The van der Waals surface area contributed by atoms with E-state index < -0.39 is 17.5 Å². The van der Waals surface area contributed by atoms with E-state index >= 15 is 0 Å². The molecule has 12 nitrogen and oxygen atoms in total. The van der Waals surface area contributed by atoms with Crippen molar-refractivity contribution >= 4 is 35.4 Å². The van der Waals surface area contributed by atoms with E-state index in [1.54, 1.807) is 44.5 Å². The Kier molecular flexibility index (Phi) is 6.15. The van der Waals surface area contributed by atoms with Crippen molar-refractivity contribution in [2.24, 2.45) is 0 Å². The van der Waals surface area contributed by atoms with Gasteiger partial charge in [-0.1, -0.05) is 6.07 Å². The Labute approximate surface area is 217 Å². The lowest BCUT2D eigenvalue weighted by Crippen LogP contribution is -2.52. The molecule has 5 rings (SSSR count). The SMILES string of the molecule is COc1ccc(CN(C=O)CC2(c3cc4cc(-c5cc(C)nc(N)n5)cnc4o3)NC(=O)NC2=O)c(C)c1. The van der Waals surface area contributed by atoms with E-state index in [9.17, 15) is 14.4 Å². The van der Waals surface area contributed by atoms with Gasteiger partial charge in [0.25, 0.3) is 5.91 Å². The molecule has 4 amide bonds. The van der Waals surface area contributed by atoms with Crippen molar-refractivity contribution < 1.29 is 23.5 Å². The quantitative estimate of drug-likeness (QED) is 0.235. The Morgan fingerprint density at radius 2 is 1.97 bits per heavy atom. The highest BCUT2D eigenvalue weighted by Gasteiger charge is 2.51. The average molecular weight is 516 g/mol. The van der Waals surface area contributed by atoms with Crippen LogP contribution in [0.5, 0.6) is 5.75 Å². The fourth-order valence-electron chi connectivity index (χ4n) is 4.50. The van der Waals surface area contributed by atoms with Gasteiger partial charge in [0, 0.05) is 29.4 Å². The van der Waals surface area contributed by atoms with Gasteiger partial charge in [-0.2, -0.15) is 0 Å². The summed E-state index contributed by atoms with van der Waals surface area (Å²) in [6.07, 6.45) is 2.20. The number of nitrogens with one attached hydrogen (secondary N) is 2. The molecule has 1 unspecified atom stereocenters. The van der Waals surface area contributed by atoms with E-state index in [0.29, 0.717) is 34.5 Å². The molecule has 4 heterocycles. The van der Waals surface area contributed by atoms with Crippen LogP contribution in [-0.2, 0) is 21.7 Å². The number of carbonyl (C=O) groups is 3. The second-order valence-corrected chi connectivity index (χ2v) is 9.10. The number of hydrogen-bond acceptors (Lipinski definition) is 9. The Hall–Kier alpha value is -5.00. The number of aryl methyl sites for hydroxylation is 2. The lowest BCUT2D eigenvalue weighted by molar-refractivity contribution is -0.127. The van der Waals surface area contributed by atoms with Gasteiger partial charge >= 0.3 is 6.03 Å². The van der Waals surface area contributed by atoms with Gasteiger partial charge in [0.05, 0.1) is 19.3 Å². The minimum absolute atomic E-state index is 0.136. The fraction of sp³-hybridized carbons (Fsp3) is 0.231. The van der Waals surface area contributed by atoms with Crippen LogP contribution in [0.3, 0.4) is 0 Å². The number of pyridine rings is 1. The zero-order valence-electron chi connectivity index (χ0n) is 20.9. The van der Waals surface area contributed by atoms with Crippen molar-refractivity contribution in [3.63, 3.8) is 0 Å². The number of ether oxygens (including phenoxy) is 1. The topological polar surface area (TPSA) is 166 Å². The summed E-state index contributed by atoms with van der Waals surface area (Å²) in [6.45, 7) is 3.73. The highest BCUT2D eigenvalue weighted by Crippen LogP contribution is 2.33. The van der Waals surface area contributed by atoms with Gasteiger partial charge in [-0.3, -0.25) is 14.9 Å². The molecule has 1 aliphatic rings. The predicted octanol–water partition coefficient (Wildman–Crippen LogP) is 2.19. The molecule has 1 atom stereocenters. The van der Waals surface area contributed by atoms with Crippen molar-refractivity contribution in [2.75, 3.05) is 19.4 Å². The molecule has 12 heteroatoms. The van der Waals surface area contributed by atoms with Crippen molar-refractivity contribution in [3.05, 3.63) is 65.2 Å². The second-order valence-electron chi connectivity index (χ2n) is 9.10. The first-order chi connectivity index (χ1) is 18.2. The number of hydrogen-bond donors (Lipinski definition) is 3. The van der Waals surface area contributed by atoms with Crippen molar-refractivity contribution in [3.8, 4) is 17.0 Å². The van der Waals surface area contributed by atoms with Crippen LogP contribution in [0.4, 0.5) is 10.7 Å². The number of furan rings is 1. The molecular weight excluding hydrogens is 490 g/mol. The number of methoxy groups -OCH3 is 1. The summed E-state index contributed by atoms with van der Waals surface area (Å²) in [5, 5.41) is 5.49. The minimum atomic E-state index is -1.66. The number of rotatable bonds is 8. The Bertz CT molecular complexity index is 1560. The van der Waals surface area contributed by atoms with Crippen LogP contribution in [0.15, 0.2) is 47.0 Å². The minimum Gasteiger partial charge on any atom is -0.497 e. The zero-order chi connectivity index (χ0) is 27.0. The molecule has 0 spiro atoms. The van der Waals surface area contributed by atoms with Gasteiger partial charge in [-0.25, -0.2) is 19.7 Å². The van der Waals surface area contributed by atoms with E-state index in [1.807, 2.05) is 19.1 Å². The van der Waals surface area contributed by atoms with Gasteiger partial charge in [-0.15, -0.1) is 0 Å². The van der Waals surface area contributed by atoms with E-state index in [4.69, 9.17) is 14.9 Å². The van der Waals surface area contributed by atoms with Gasteiger partial charge in [0.1, 0.15) is 11.5 Å². The van der Waals surface area contributed by atoms with Crippen LogP contribution >= 0.6 is 0 Å². The number of carbonyl (C=O) groups excluding carboxylic acids is 3. The van der Waals surface area contributed by atoms with Gasteiger partial charge in [-0.05, 0) is 55.3 Å². The van der Waals surface area contributed by atoms with Crippen LogP contribution < -0.4 is 21.1 Å². The molecular formula is C26H25N7O5. The summed E-state index contributed by atoms with van der Waals surface area (Å²) in [6, 6.07) is 9.98. The van der Waals surface area contributed by atoms with Gasteiger partial charge < -0.3 is 25.1 Å². The number of anilines is 1. The number of imide groups is 1. The van der Waals surface area contributed by atoms with E-state index in [2.05, 4.69) is 25.6 Å². The lowest BCUT2D eigenvalue weighted by Gasteiger charge is -2.29. The third kappa shape index (κ3) is 4.47. The van der Waals surface area contributed by atoms with Crippen LogP contribution in [0.1, 0.15) is 22.6 Å². The van der Waals surface area contributed by atoms with Gasteiger partial charge in [0.2, 0.25) is 18.1 Å². The number of urea groups is 1. The summed E-state index contributed by atoms with van der Waals surface area (Å²) in [5.41, 5.74) is 8.10. The maximum absolute atomic E-state index is 13.1. The Morgan fingerprint density at radius 3 is 2.63 bits per heavy atom. The normalized spacial score (nSPS) is 16.8. The van der Waals surface area contributed by atoms with Crippen LogP contribution in [-0.4, -0.2) is 51.9 Å². The summed E-state index contributed by atoms with van der Waals surface area (Å²) in [5.74, 6) is 0.326. The van der Waals surface area contributed by atoms with Crippen LogP contribution in [0.25, 0.3) is 22.4 Å². The molecule has 4 N–H and O–H groups in total. The van der Waals surface area contributed by atoms with E-state index in [-0.39, 0.29) is 30.5 Å². The second kappa shape index (κ2) is 9.47. The fourth-order valence-corrected chi connectivity index (χ4v) is 4.50. The summed E-state index contributed by atoms with van der Waals surface area (Å²) >= 11 is 0. The molecule has 0 bridgehead atoms. The maximum Gasteiger partial charge on any atom is 0.322 e. The third-order valence-corrected chi connectivity index (χ3v) is 6.41. The first-order valence-electron chi connectivity index (χ1n) is 11.7. The summed E-state index contributed by atoms with van der Waals surface area (Å²) in [4.78, 5) is 51.6. The standard InChI is InChI=1S/C26H25N7O5/c1-14-6-19(37-3)5-4-16(14)11-33(13-34)12-26(23(35)31-25(36)32-26)21-9-17-8-18(10-28-22(17)38-21)20-7-15(2)29-24(27)30-20/h4-10,13H,11-12H2,1-3H3,(H2,27,29,30)(H2,31,32,35,36). The molecule has 38 heavy (non-hydrogen) atoms. The molecule has 194 valence electrons. The molecule has 0 aliphatic carbocycles. The molecule has 1 fully saturated rings. The number of nitrogens with two attached hydrogens (primary N) is 1. The number of nitrogen functional groups attached to an aromatic ring is 1. The molecule has 3 aromatic heterocycles. The number of benzene rings is 1.